The third-order valence-electron chi connectivity index (χ3n) is 4.29. The summed E-state index contributed by atoms with van der Waals surface area (Å²) in [5.74, 6) is 6.14. The molecule has 2 aromatic carbocycles. The summed E-state index contributed by atoms with van der Waals surface area (Å²) in [7, 11) is 0. The zero-order chi connectivity index (χ0) is 21.4. The van der Waals surface area contributed by atoms with E-state index >= 15 is 0 Å². The van der Waals surface area contributed by atoms with E-state index in [1.165, 1.54) is 6.33 Å². The Morgan fingerprint density at radius 3 is 2.60 bits per heavy atom. The van der Waals surface area contributed by atoms with Crippen LogP contribution in [0.4, 0.5) is 0 Å². The Hall–Kier alpha value is -2.55. The number of aromatic nitrogens is 3. The molecule has 1 heterocycles. The second kappa shape index (κ2) is 10.5. The fraction of sp³-hybridized carbons (Fsp3) is 0.250. The van der Waals surface area contributed by atoms with Crippen LogP contribution >= 0.6 is 24.1 Å². The summed E-state index contributed by atoms with van der Waals surface area (Å²) in [6.07, 6.45) is 3.20. The molecular weight excluding hydrogens is 422 g/mol. The van der Waals surface area contributed by atoms with E-state index in [0.29, 0.717) is 24.6 Å². The van der Waals surface area contributed by atoms with Gasteiger partial charge >= 0.3 is 0 Å². The Morgan fingerprint density at radius 1 is 1.17 bits per heavy atom. The van der Waals surface area contributed by atoms with Crippen molar-refractivity contribution < 1.29 is 13.5 Å². The van der Waals surface area contributed by atoms with Crippen molar-refractivity contribution in [2.45, 2.75) is 36.5 Å². The Balaban J connectivity index is 1.72. The van der Waals surface area contributed by atoms with Gasteiger partial charge in [-0.15, -0.1) is 21.1 Å². The van der Waals surface area contributed by atoms with Gasteiger partial charge in [0, 0.05) is 10.6 Å². The normalized spacial score (nSPS) is 11.3. The van der Waals surface area contributed by atoms with Gasteiger partial charge < -0.3 is 4.18 Å². The third kappa shape index (κ3) is 6.22. The summed E-state index contributed by atoms with van der Waals surface area (Å²) in [6.45, 7) is 4.45. The lowest BCUT2D eigenvalue weighted by Crippen LogP contribution is -2.15. The molecule has 156 valence electrons. The fourth-order valence-electron chi connectivity index (χ4n) is 2.69. The van der Waals surface area contributed by atoms with Gasteiger partial charge in [0.05, 0.1) is 18.0 Å². The number of thioether (sulfide) groups is 1. The van der Waals surface area contributed by atoms with E-state index in [0.717, 1.165) is 27.3 Å². The first-order valence-corrected chi connectivity index (χ1v) is 10.6. The molecule has 3 rings (SSSR count). The van der Waals surface area contributed by atoms with Crippen LogP contribution < -0.4 is 10.1 Å². The molecule has 0 saturated heterocycles. The number of rotatable bonds is 10. The second-order valence-corrected chi connectivity index (χ2v) is 8.43. The van der Waals surface area contributed by atoms with Crippen LogP contribution in [-0.2, 0) is 27.0 Å². The molecule has 2 N–H and O–H groups in total. The van der Waals surface area contributed by atoms with E-state index in [-0.39, 0.29) is 0 Å². The standard InChI is InChI=1S/C20H21N5O3S2/c1-20(2,12-21)17-8-15(10-25-14-23-13-24-25)7-16(9-17)11-29-19-5-3-18(4-6-19)26-30-28-27-22/h3-9,13-14H,10-11,22H2,1-2H3. The maximum Gasteiger partial charge on any atom is 0.260 e. The summed E-state index contributed by atoms with van der Waals surface area (Å²) in [5, 5.41) is 13.8. The fourth-order valence-corrected chi connectivity index (χ4v) is 3.77. The zero-order valence-corrected chi connectivity index (χ0v) is 18.2. The summed E-state index contributed by atoms with van der Waals surface area (Å²) >= 11 is 2.34. The highest BCUT2D eigenvalue weighted by Gasteiger charge is 2.21. The van der Waals surface area contributed by atoms with Gasteiger partial charge in [0.2, 0.25) is 0 Å². The van der Waals surface area contributed by atoms with Gasteiger partial charge in [0.25, 0.3) is 12.3 Å². The van der Waals surface area contributed by atoms with Crippen molar-refractivity contribution in [1.29, 1.82) is 5.26 Å². The third-order valence-corrected chi connectivity index (χ3v) is 5.77. The summed E-state index contributed by atoms with van der Waals surface area (Å²) in [4.78, 5) is 9.05. The molecule has 0 radical (unpaired) electrons. The maximum absolute atomic E-state index is 9.58. The van der Waals surface area contributed by atoms with Crippen LogP contribution in [0.5, 0.6) is 5.75 Å². The molecule has 10 heteroatoms. The van der Waals surface area contributed by atoms with Crippen molar-refractivity contribution in [3.8, 4) is 11.8 Å². The Bertz CT molecular complexity index is 989. The highest BCUT2D eigenvalue weighted by molar-refractivity contribution is 7.98. The molecule has 0 atom stereocenters. The van der Waals surface area contributed by atoms with Crippen LogP contribution in [0.3, 0.4) is 0 Å². The van der Waals surface area contributed by atoms with Gasteiger partial charge in [-0.1, -0.05) is 18.2 Å². The van der Waals surface area contributed by atoms with Crippen LogP contribution in [0.2, 0.25) is 0 Å². The van der Waals surface area contributed by atoms with Gasteiger partial charge in [-0.05, 0) is 54.8 Å². The molecule has 0 unspecified atom stereocenters. The largest absolute Gasteiger partial charge is 0.399 e. The first kappa shape index (κ1) is 22.1. The second-order valence-electron chi connectivity index (χ2n) is 6.94. The first-order chi connectivity index (χ1) is 14.5. The minimum atomic E-state index is -0.580. The lowest BCUT2D eigenvalue weighted by molar-refractivity contribution is -0.199. The molecule has 0 fully saturated rings. The van der Waals surface area contributed by atoms with Gasteiger partial charge in [-0.25, -0.2) is 9.67 Å². The minimum Gasteiger partial charge on any atom is -0.399 e. The average Bonchev–Trinajstić information content (AvgIpc) is 3.26. The molecule has 0 spiro atoms. The van der Waals surface area contributed by atoms with Crippen LogP contribution in [-0.4, -0.2) is 14.8 Å². The van der Waals surface area contributed by atoms with Crippen molar-refractivity contribution in [2.75, 3.05) is 0 Å². The predicted molar refractivity (Wildman–Crippen MR) is 115 cm³/mol. The Labute approximate surface area is 183 Å². The smallest absolute Gasteiger partial charge is 0.260 e. The first-order valence-electron chi connectivity index (χ1n) is 8.97. The van der Waals surface area contributed by atoms with E-state index in [1.807, 2.05) is 38.1 Å². The molecule has 0 amide bonds. The van der Waals surface area contributed by atoms with E-state index in [2.05, 4.69) is 43.7 Å². The average molecular weight is 444 g/mol. The topological polar surface area (TPSA) is 108 Å². The van der Waals surface area contributed by atoms with Crippen LogP contribution in [0.25, 0.3) is 0 Å². The molecular formula is C20H21N5O3S2. The van der Waals surface area contributed by atoms with Gasteiger partial charge in [-0.3, -0.25) is 0 Å². The Kier molecular flexibility index (Phi) is 7.73. The number of benzene rings is 2. The highest BCUT2D eigenvalue weighted by Crippen LogP contribution is 2.30. The molecule has 30 heavy (non-hydrogen) atoms. The maximum atomic E-state index is 9.58. The molecule has 0 aliphatic rings. The molecule has 1 aromatic heterocycles. The molecule has 3 aromatic rings. The Morgan fingerprint density at radius 2 is 1.93 bits per heavy atom. The van der Waals surface area contributed by atoms with Crippen LogP contribution in [0.15, 0.2) is 60.0 Å². The lowest BCUT2D eigenvalue weighted by Gasteiger charge is -2.19. The monoisotopic (exact) mass is 443 g/mol. The van der Waals surface area contributed by atoms with Crippen molar-refractivity contribution in [3.63, 3.8) is 0 Å². The molecule has 8 nitrogen and oxygen atoms in total. The minimum absolute atomic E-state index is 0.580. The number of nitrogens with two attached hydrogens (primary N) is 1. The molecule has 0 saturated carbocycles. The number of nitriles is 1. The van der Waals surface area contributed by atoms with Crippen LogP contribution in [0.1, 0.15) is 30.5 Å². The van der Waals surface area contributed by atoms with E-state index in [9.17, 15) is 5.26 Å². The predicted octanol–water partition coefficient (Wildman–Crippen LogP) is 4.18. The SMILES string of the molecule is CC(C)(C#N)c1cc(CSc2ccc(OSOON)cc2)cc(Cn2cncn2)c1. The van der Waals surface area contributed by atoms with Crippen molar-refractivity contribution in [2.24, 2.45) is 5.90 Å². The van der Waals surface area contributed by atoms with E-state index in [4.69, 9.17) is 10.1 Å². The van der Waals surface area contributed by atoms with Gasteiger partial charge in [-0.2, -0.15) is 16.3 Å². The van der Waals surface area contributed by atoms with E-state index < -0.39 is 5.41 Å². The van der Waals surface area contributed by atoms with Crippen molar-refractivity contribution >= 4 is 24.1 Å². The van der Waals surface area contributed by atoms with Crippen molar-refractivity contribution in [3.05, 3.63) is 71.8 Å². The van der Waals surface area contributed by atoms with Gasteiger partial charge in [0.1, 0.15) is 18.4 Å². The van der Waals surface area contributed by atoms with Crippen LogP contribution in [0, 0.1) is 11.3 Å². The zero-order valence-electron chi connectivity index (χ0n) is 16.5. The number of hydrogen-bond donors (Lipinski definition) is 1. The lowest BCUT2D eigenvalue weighted by atomic mass is 9.84. The van der Waals surface area contributed by atoms with Crippen molar-refractivity contribution in [1.82, 2.24) is 14.8 Å². The summed E-state index contributed by atoms with van der Waals surface area (Å²) in [6, 6.07) is 16.3. The summed E-state index contributed by atoms with van der Waals surface area (Å²) < 4.78 is 11.4. The number of hydrogen-bond acceptors (Lipinski definition) is 9. The quantitative estimate of drug-likeness (QED) is 0.162. The van der Waals surface area contributed by atoms with Gasteiger partial charge in [0.15, 0.2) is 0 Å². The molecule has 0 bridgehead atoms. The number of nitrogens with zero attached hydrogens (tertiary/aromatic N) is 4. The molecule has 0 aliphatic heterocycles. The summed E-state index contributed by atoms with van der Waals surface area (Å²) in [5.41, 5.74) is 2.63. The molecule has 0 aliphatic carbocycles. The highest BCUT2D eigenvalue weighted by atomic mass is 32.2. The van der Waals surface area contributed by atoms with E-state index in [1.54, 1.807) is 22.8 Å².